The first kappa shape index (κ1) is 6.88. The lowest BCUT2D eigenvalue weighted by Crippen LogP contribution is -1.96. The first-order valence-corrected chi connectivity index (χ1v) is 2.73. The standard InChI is InChI=1S/C4H4ClN3O2/c5-1-2(4(9)10)7-8-3(1)6/h(H,9,10)(H3,6,7,8). The zero-order valence-corrected chi connectivity index (χ0v) is 5.51. The second kappa shape index (κ2) is 2.18. The number of carbonyl (C=O) groups is 1. The zero-order chi connectivity index (χ0) is 7.72. The van der Waals surface area contributed by atoms with Crippen LogP contribution in [0.3, 0.4) is 0 Å². The molecule has 0 aliphatic carbocycles. The van der Waals surface area contributed by atoms with Gasteiger partial charge in [-0.2, -0.15) is 5.10 Å². The summed E-state index contributed by atoms with van der Waals surface area (Å²) in [4.78, 5) is 10.2. The van der Waals surface area contributed by atoms with Crippen LogP contribution in [0.25, 0.3) is 0 Å². The summed E-state index contributed by atoms with van der Waals surface area (Å²) in [6.45, 7) is 0. The normalized spacial score (nSPS) is 9.70. The summed E-state index contributed by atoms with van der Waals surface area (Å²) in [6.07, 6.45) is 0. The van der Waals surface area contributed by atoms with Crippen molar-refractivity contribution in [1.82, 2.24) is 10.2 Å². The van der Waals surface area contributed by atoms with E-state index in [2.05, 4.69) is 10.2 Å². The second-order valence-corrected chi connectivity index (χ2v) is 1.98. The van der Waals surface area contributed by atoms with E-state index >= 15 is 0 Å². The van der Waals surface area contributed by atoms with E-state index in [1.54, 1.807) is 0 Å². The minimum absolute atomic E-state index is 0.000864. The molecular weight excluding hydrogens is 158 g/mol. The number of halogens is 1. The Morgan fingerprint density at radius 2 is 2.40 bits per heavy atom. The van der Waals surface area contributed by atoms with Crippen LogP contribution in [0.1, 0.15) is 10.5 Å². The maximum absolute atomic E-state index is 10.2. The molecule has 0 aromatic carbocycles. The highest BCUT2D eigenvalue weighted by molar-refractivity contribution is 6.35. The topological polar surface area (TPSA) is 92.0 Å². The Morgan fingerprint density at radius 3 is 2.60 bits per heavy atom. The first-order chi connectivity index (χ1) is 4.63. The number of carboxylic acids is 1. The monoisotopic (exact) mass is 161 g/mol. The number of H-pyrrole nitrogens is 1. The van der Waals surface area contributed by atoms with Crippen LogP contribution in [0.4, 0.5) is 5.82 Å². The average Bonchev–Trinajstić information content (AvgIpc) is 2.14. The molecule has 4 N–H and O–H groups in total. The van der Waals surface area contributed by atoms with Crippen molar-refractivity contribution in [1.29, 1.82) is 0 Å². The molecule has 1 rings (SSSR count). The summed E-state index contributed by atoms with van der Waals surface area (Å²) in [5.41, 5.74) is 4.96. The Labute approximate surface area is 60.8 Å². The molecule has 0 fully saturated rings. The van der Waals surface area contributed by atoms with E-state index in [0.29, 0.717) is 0 Å². The molecule has 0 saturated heterocycles. The van der Waals surface area contributed by atoms with Gasteiger partial charge in [0.15, 0.2) is 11.5 Å². The summed E-state index contributed by atoms with van der Waals surface area (Å²) in [5, 5.41) is 13.9. The van der Waals surface area contributed by atoms with Crippen molar-refractivity contribution in [2.75, 3.05) is 5.73 Å². The van der Waals surface area contributed by atoms with Crippen molar-refractivity contribution in [3.63, 3.8) is 0 Å². The Bertz CT molecular complexity index is 269. The molecule has 0 saturated carbocycles. The molecule has 6 heteroatoms. The number of anilines is 1. The van der Waals surface area contributed by atoms with Crippen LogP contribution < -0.4 is 5.73 Å². The van der Waals surface area contributed by atoms with Gasteiger partial charge >= 0.3 is 5.97 Å². The fourth-order valence-corrected chi connectivity index (χ4v) is 0.649. The fourth-order valence-electron chi connectivity index (χ4n) is 0.484. The second-order valence-electron chi connectivity index (χ2n) is 1.60. The Morgan fingerprint density at radius 1 is 1.80 bits per heavy atom. The molecule has 1 aromatic rings. The van der Waals surface area contributed by atoms with Gasteiger partial charge < -0.3 is 10.8 Å². The minimum Gasteiger partial charge on any atom is -0.476 e. The number of nitrogen functional groups attached to an aromatic ring is 1. The molecule has 0 unspecified atom stereocenters. The largest absolute Gasteiger partial charge is 0.476 e. The lowest BCUT2D eigenvalue weighted by molar-refractivity contribution is 0.0690. The molecule has 10 heavy (non-hydrogen) atoms. The third-order valence-corrected chi connectivity index (χ3v) is 1.33. The number of nitrogens with one attached hydrogen (secondary N) is 1. The van der Waals surface area contributed by atoms with Crippen molar-refractivity contribution < 1.29 is 9.90 Å². The van der Waals surface area contributed by atoms with Crippen molar-refractivity contribution >= 4 is 23.4 Å². The van der Waals surface area contributed by atoms with E-state index in [-0.39, 0.29) is 16.5 Å². The zero-order valence-electron chi connectivity index (χ0n) is 4.76. The molecule has 5 nitrogen and oxygen atoms in total. The number of hydrogen-bond donors (Lipinski definition) is 3. The van der Waals surface area contributed by atoms with Crippen LogP contribution in [-0.4, -0.2) is 21.3 Å². The molecule has 0 radical (unpaired) electrons. The van der Waals surface area contributed by atoms with Gasteiger partial charge in [0.1, 0.15) is 5.02 Å². The van der Waals surface area contributed by atoms with E-state index in [1.807, 2.05) is 0 Å². The molecule has 0 atom stereocenters. The van der Waals surface area contributed by atoms with Crippen LogP contribution in [0.15, 0.2) is 0 Å². The highest BCUT2D eigenvalue weighted by Crippen LogP contribution is 2.19. The highest BCUT2D eigenvalue weighted by Gasteiger charge is 2.13. The van der Waals surface area contributed by atoms with E-state index in [0.717, 1.165) is 0 Å². The number of nitrogens with zero attached hydrogens (tertiary/aromatic N) is 1. The van der Waals surface area contributed by atoms with E-state index in [4.69, 9.17) is 22.4 Å². The van der Waals surface area contributed by atoms with Crippen molar-refractivity contribution in [2.24, 2.45) is 0 Å². The Hall–Kier alpha value is -1.23. The minimum atomic E-state index is -1.17. The molecule has 0 bridgehead atoms. The van der Waals surface area contributed by atoms with Crippen molar-refractivity contribution in [2.45, 2.75) is 0 Å². The summed E-state index contributed by atoms with van der Waals surface area (Å²) in [5.74, 6) is -1.17. The van der Waals surface area contributed by atoms with Gasteiger partial charge in [0.05, 0.1) is 0 Å². The van der Waals surface area contributed by atoms with Gasteiger partial charge in [0, 0.05) is 0 Å². The number of nitrogens with two attached hydrogens (primary N) is 1. The average molecular weight is 162 g/mol. The summed E-state index contributed by atoms with van der Waals surface area (Å²) < 4.78 is 0. The molecule has 0 aliphatic rings. The van der Waals surface area contributed by atoms with E-state index < -0.39 is 5.97 Å². The maximum atomic E-state index is 10.2. The molecule has 1 heterocycles. The molecule has 1 aromatic heterocycles. The number of hydrogen-bond acceptors (Lipinski definition) is 3. The van der Waals surface area contributed by atoms with Crippen LogP contribution in [0.5, 0.6) is 0 Å². The molecule has 0 amide bonds. The van der Waals surface area contributed by atoms with Gasteiger partial charge in [-0.05, 0) is 0 Å². The predicted molar refractivity (Wildman–Crippen MR) is 35.0 cm³/mol. The smallest absolute Gasteiger partial charge is 0.355 e. The van der Waals surface area contributed by atoms with Gasteiger partial charge in [-0.1, -0.05) is 11.6 Å². The van der Waals surface area contributed by atoms with Crippen LogP contribution in [0.2, 0.25) is 5.02 Å². The highest BCUT2D eigenvalue weighted by atomic mass is 35.5. The lowest BCUT2D eigenvalue weighted by Gasteiger charge is -1.85. The number of rotatable bonds is 1. The van der Waals surface area contributed by atoms with Crippen molar-refractivity contribution in [3.05, 3.63) is 10.7 Å². The molecular formula is C4H4ClN3O2. The molecule has 0 spiro atoms. The maximum Gasteiger partial charge on any atom is 0.355 e. The number of aromatic nitrogens is 2. The Balaban J connectivity index is 3.17. The van der Waals surface area contributed by atoms with Crippen LogP contribution in [0, 0.1) is 0 Å². The predicted octanol–water partition coefficient (Wildman–Crippen LogP) is 0.344. The van der Waals surface area contributed by atoms with Gasteiger partial charge in [-0.3, -0.25) is 5.10 Å². The third-order valence-electron chi connectivity index (χ3n) is 0.946. The lowest BCUT2D eigenvalue weighted by atomic mass is 10.4. The number of aromatic carboxylic acids is 1. The molecule has 54 valence electrons. The SMILES string of the molecule is Nc1n[nH]c(C(=O)O)c1Cl. The Kier molecular flexibility index (Phi) is 1.50. The summed E-state index contributed by atoms with van der Waals surface area (Å²) in [7, 11) is 0. The summed E-state index contributed by atoms with van der Waals surface area (Å²) in [6, 6.07) is 0. The summed E-state index contributed by atoms with van der Waals surface area (Å²) >= 11 is 5.40. The number of aromatic amines is 1. The van der Waals surface area contributed by atoms with Crippen LogP contribution >= 0.6 is 11.6 Å². The third kappa shape index (κ3) is 0.906. The first-order valence-electron chi connectivity index (χ1n) is 2.35. The van der Waals surface area contributed by atoms with Crippen LogP contribution in [-0.2, 0) is 0 Å². The van der Waals surface area contributed by atoms with E-state index in [9.17, 15) is 4.79 Å². The van der Waals surface area contributed by atoms with E-state index in [1.165, 1.54) is 0 Å². The van der Waals surface area contributed by atoms with Gasteiger partial charge in [-0.15, -0.1) is 0 Å². The van der Waals surface area contributed by atoms with Crippen molar-refractivity contribution in [3.8, 4) is 0 Å². The van der Waals surface area contributed by atoms with Gasteiger partial charge in [-0.25, -0.2) is 4.79 Å². The molecule has 0 aliphatic heterocycles. The number of carboxylic acid groups (broad SMARTS) is 1. The van der Waals surface area contributed by atoms with Gasteiger partial charge in [0.25, 0.3) is 0 Å². The fraction of sp³-hybridized carbons (Fsp3) is 0. The van der Waals surface area contributed by atoms with Gasteiger partial charge in [0.2, 0.25) is 0 Å². The quantitative estimate of drug-likeness (QED) is 0.554.